The molecule has 5 nitrogen and oxygen atoms in total. The lowest BCUT2D eigenvalue weighted by atomic mass is 9.82. The van der Waals surface area contributed by atoms with Gasteiger partial charge in [0, 0.05) is 39.8 Å². The third-order valence-electron chi connectivity index (χ3n) is 4.99. The van der Waals surface area contributed by atoms with Crippen LogP contribution in [0.1, 0.15) is 45.4 Å². The van der Waals surface area contributed by atoms with E-state index in [2.05, 4.69) is 5.32 Å². The van der Waals surface area contributed by atoms with E-state index < -0.39 is 0 Å². The lowest BCUT2D eigenvalue weighted by molar-refractivity contribution is -0.128. The van der Waals surface area contributed by atoms with Crippen LogP contribution in [0.2, 0.25) is 0 Å². The van der Waals surface area contributed by atoms with Crippen LogP contribution in [0.3, 0.4) is 0 Å². The quantitative estimate of drug-likeness (QED) is 0.726. The minimum atomic E-state index is -0.173. The second kappa shape index (κ2) is 7.25. The van der Waals surface area contributed by atoms with Crippen LogP contribution in [0.4, 0.5) is 0 Å². The van der Waals surface area contributed by atoms with Crippen molar-refractivity contribution in [3.05, 3.63) is 0 Å². The Hall–Kier alpha value is -1.10. The van der Waals surface area contributed by atoms with Gasteiger partial charge >= 0.3 is 0 Å². The summed E-state index contributed by atoms with van der Waals surface area (Å²) in [6, 6.07) is 0. The Bertz CT molecular complexity index is 378. The number of carbonyl (C=O) groups is 2. The van der Waals surface area contributed by atoms with Crippen molar-refractivity contribution in [2.45, 2.75) is 45.4 Å². The molecule has 1 saturated heterocycles. The van der Waals surface area contributed by atoms with E-state index in [-0.39, 0.29) is 23.1 Å². The monoisotopic (exact) mass is 296 g/mol. The molecule has 1 saturated carbocycles. The number of likely N-dealkylation sites (tertiary alicyclic amines) is 1. The number of nitrogens with zero attached hydrogens (tertiary/aromatic N) is 1. The van der Waals surface area contributed by atoms with E-state index in [4.69, 9.17) is 4.74 Å². The van der Waals surface area contributed by atoms with Crippen molar-refractivity contribution in [2.75, 3.05) is 33.4 Å². The van der Waals surface area contributed by atoms with Crippen LogP contribution < -0.4 is 5.32 Å². The fraction of sp³-hybridized carbons (Fsp3) is 0.875. The summed E-state index contributed by atoms with van der Waals surface area (Å²) in [5.74, 6) is -0.0645. The molecular weight excluding hydrogens is 268 g/mol. The Morgan fingerprint density at radius 1 is 1.43 bits per heavy atom. The van der Waals surface area contributed by atoms with Gasteiger partial charge in [-0.15, -0.1) is 0 Å². The highest BCUT2D eigenvalue weighted by Gasteiger charge is 2.36. The van der Waals surface area contributed by atoms with E-state index in [1.54, 1.807) is 11.9 Å². The first-order valence-corrected chi connectivity index (χ1v) is 8.16. The van der Waals surface area contributed by atoms with Crippen molar-refractivity contribution in [2.24, 2.45) is 11.3 Å². The second-order valence-electron chi connectivity index (χ2n) is 6.55. The number of nitrogens with one attached hydrogen (secondary N) is 1. The molecule has 5 heteroatoms. The van der Waals surface area contributed by atoms with Crippen LogP contribution >= 0.6 is 0 Å². The van der Waals surface area contributed by atoms with E-state index in [0.29, 0.717) is 13.0 Å². The Morgan fingerprint density at radius 3 is 2.71 bits per heavy atom. The molecule has 2 rings (SSSR count). The average Bonchev–Trinajstić information content (AvgIpc) is 3.05. The second-order valence-corrected chi connectivity index (χ2v) is 6.55. The largest absolute Gasteiger partial charge is 0.382 e. The molecule has 2 fully saturated rings. The molecule has 1 N–H and O–H groups in total. The predicted molar refractivity (Wildman–Crippen MR) is 80.8 cm³/mol. The fourth-order valence-electron chi connectivity index (χ4n) is 3.53. The first-order valence-electron chi connectivity index (χ1n) is 8.16. The van der Waals surface area contributed by atoms with Gasteiger partial charge in [0.2, 0.25) is 11.8 Å². The zero-order valence-corrected chi connectivity index (χ0v) is 13.3. The first-order chi connectivity index (χ1) is 10.1. The van der Waals surface area contributed by atoms with Gasteiger partial charge in [0.25, 0.3) is 0 Å². The van der Waals surface area contributed by atoms with Gasteiger partial charge < -0.3 is 15.0 Å². The number of hydrogen-bond acceptors (Lipinski definition) is 3. The van der Waals surface area contributed by atoms with Crippen LogP contribution in [0.15, 0.2) is 0 Å². The summed E-state index contributed by atoms with van der Waals surface area (Å²) < 4.78 is 5.49. The summed E-state index contributed by atoms with van der Waals surface area (Å²) in [4.78, 5) is 25.4. The Kier molecular flexibility index (Phi) is 5.62. The van der Waals surface area contributed by atoms with Crippen molar-refractivity contribution in [3.63, 3.8) is 0 Å². The number of ether oxygens (including phenoxy) is 1. The van der Waals surface area contributed by atoms with Gasteiger partial charge in [-0.3, -0.25) is 9.59 Å². The number of rotatable bonds is 7. The summed E-state index contributed by atoms with van der Waals surface area (Å²) in [5, 5.41) is 3.10. The molecule has 120 valence electrons. The van der Waals surface area contributed by atoms with E-state index >= 15 is 0 Å². The minimum absolute atomic E-state index is 0.0374. The maximum atomic E-state index is 12.2. The highest BCUT2D eigenvalue weighted by atomic mass is 16.5. The molecule has 1 aliphatic carbocycles. The molecule has 21 heavy (non-hydrogen) atoms. The topological polar surface area (TPSA) is 58.6 Å². The third kappa shape index (κ3) is 4.19. The van der Waals surface area contributed by atoms with Crippen LogP contribution in [-0.2, 0) is 14.3 Å². The van der Waals surface area contributed by atoms with Crippen molar-refractivity contribution < 1.29 is 14.3 Å². The first kappa shape index (κ1) is 16.3. The van der Waals surface area contributed by atoms with Crippen LogP contribution in [0, 0.1) is 11.3 Å². The zero-order chi connectivity index (χ0) is 15.3. The van der Waals surface area contributed by atoms with E-state index in [1.165, 1.54) is 25.7 Å². The average molecular weight is 296 g/mol. The smallest absolute Gasteiger partial charge is 0.225 e. The molecular formula is C16H28N2O3. The Labute approximate surface area is 127 Å². The van der Waals surface area contributed by atoms with Gasteiger partial charge in [0.15, 0.2) is 0 Å². The molecule has 0 unspecified atom stereocenters. The molecule has 1 aliphatic heterocycles. The standard InChI is InChI=1S/C16H28N2O3/c1-3-21-9-8-16(6-4-5-7-16)12-17-15(20)13-10-14(19)18(2)11-13/h13H,3-12H2,1-2H3,(H,17,20)/t13-/m1/s1. The van der Waals surface area contributed by atoms with Crippen LogP contribution in [-0.4, -0.2) is 50.1 Å². The zero-order valence-electron chi connectivity index (χ0n) is 13.3. The number of hydrogen-bond donors (Lipinski definition) is 1. The molecule has 0 spiro atoms. The van der Waals surface area contributed by atoms with Gasteiger partial charge in [-0.05, 0) is 31.6 Å². The fourth-order valence-corrected chi connectivity index (χ4v) is 3.53. The lowest BCUT2D eigenvalue weighted by Gasteiger charge is -2.29. The number of carbonyl (C=O) groups excluding carboxylic acids is 2. The molecule has 1 atom stereocenters. The van der Waals surface area contributed by atoms with Crippen molar-refractivity contribution in [1.82, 2.24) is 10.2 Å². The molecule has 0 aromatic rings. The van der Waals surface area contributed by atoms with Gasteiger partial charge in [0.1, 0.15) is 0 Å². The van der Waals surface area contributed by atoms with E-state index in [1.807, 2.05) is 6.92 Å². The maximum absolute atomic E-state index is 12.2. The van der Waals surface area contributed by atoms with Crippen molar-refractivity contribution >= 4 is 11.8 Å². The molecule has 1 heterocycles. The Morgan fingerprint density at radius 2 is 2.14 bits per heavy atom. The number of amides is 2. The normalized spacial score (nSPS) is 24.6. The predicted octanol–water partition coefficient (Wildman–Crippen LogP) is 1.57. The summed E-state index contributed by atoms with van der Waals surface area (Å²) in [7, 11) is 1.76. The highest BCUT2D eigenvalue weighted by molar-refractivity contribution is 5.89. The van der Waals surface area contributed by atoms with Gasteiger partial charge in [-0.25, -0.2) is 0 Å². The SMILES string of the molecule is CCOCCC1(CNC(=O)[C@@H]2CC(=O)N(C)C2)CCCC1. The van der Waals surface area contributed by atoms with Crippen molar-refractivity contribution in [1.29, 1.82) is 0 Å². The summed E-state index contributed by atoms with van der Waals surface area (Å²) in [6.45, 7) is 4.82. The van der Waals surface area contributed by atoms with Crippen LogP contribution in [0.5, 0.6) is 0 Å². The van der Waals surface area contributed by atoms with Crippen molar-refractivity contribution in [3.8, 4) is 0 Å². The van der Waals surface area contributed by atoms with Gasteiger partial charge in [-0.2, -0.15) is 0 Å². The summed E-state index contributed by atoms with van der Waals surface area (Å²) in [5.41, 5.74) is 0.208. The highest BCUT2D eigenvalue weighted by Crippen LogP contribution is 2.40. The molecule has 0 bridgehead atoms. The molecule has 0 aromatic heterocycles. The molecule has 2 amide bonds. The van der Waals surface area contributed by atoms with E-state index in [9.17, 15) is 9.59 Å². The lowest BCUT2D eigenvalue weighted by Crippen LogP contribution is -2.40. The molecule has 2 aliphatic rings. The van der Waals surface area contributed by atoms with E-state index in [0.717, 1.165) is 26.2 Å². The molecule has 0 aromatic carbocycles. The summed E-state index contributed by atoms with van der Waals surface area (Å²) in [6.07, 6.45) is 6.20. The third-order valence-corrected chi connectivity index (χ3v) is 4.99. The molecule has 0 radical (unpaired) electrons. The maximum Gasteiger partial charge on any atom is 0.225 e. The minimum Gasteiger partial charge on any atom is -0.382 e. The van der Waals surface area contributed by atoms with Gasteiger partial charge in [0.05, 0.1) is 5.92 Å². The summed E-state index contributed by atoms with van der Waals surface area (Å²) >= 11 is 0. The van der Waals surface area contributed by atoms with Crippen LogP contribution in [0.25, 0.3) is 0 Å². The van der Waals surface area contributed by atoms with Gasteiger partial charge in [-0.1, -0.05) is 12.8 Å². The Balaban J connectivity index is 1.81.